The zero-order chi connectivity index (χ0) is 18.5. The van der Waals surface area contributed by atoms with Crippen molar-refractivity contribution in [1.29, 1.82) is 0 Å². The molecule has 0 saturated heterocycles. The van der Waals surface area contributed by atoms with Gasteiger partial charge >= 0.3 is 0 Å². The Morgan fingerprint density at radius 1 is 0.962 bits per heavy atom. The van der Waals surface area contributed by atoms with Crippen LogP contribution in [0.25, 0.3) is 0 Å². The largest absolute Gasteiger partial charge is 0.361 e. The van der Waals surface area contributed by atoms with Crippen molar-refractivity contribution < 1.29 is 4.79 Å². The topological polar surface area (TPSA) is 51.9 Å². The van der Waals surface area contributed by atoms with Crippen molar-refractivity contribution in [2.24, 2.45) is 0 Å². The van der Waals surface area contributed by atoms with Crippen LogP contribution in [-0.4, -0.2) is 22.9 Å². The van der Waals surface area contributed by atoms with Gasteiger partial charge in [0.25, 0.3) is 0 Å². The van der Waals surface area contributed by atoms with Crippen LogP contribution in [0.1, 0.15) is 42.2 Å². The van der Waals surface area contributed by atoms with Gasteiger partial charge in [-0.15, -0.1) is 0 Å². The van der Waals surface area contributed by atoms with E-state index >= 15 is 0 Å². The van der Waals surface area contributed by atoms with Gasteiger partial charge in [0.2, 0.25) is 5.91 Å². The fraction of sp³-hybridized carbons (Fsp3) is 0.286. The summed E-state index contributed by atoms with van der Waals surface area (Å²) in [5.74, 6) is 0.0174. The predicted molar refractivity (Wildman–Crippen MR) is 105 cm³/mol. The van der Waals surface area contributed by atoms with E-state index in [1.807, 2.05) is 37.4 Å². The van der Waals surface area contributed by atoms with Crippen molar-refractivity contribution in [1.82, 2.24) is 9.97 Å². The molecule has 3 aromatic rings. The Kier molecular flexibility index (Phi) is 3.96. The molecule has 0 unspecified atom stereocenters. The van der Waals surface area contributed by atoms with Crippen LogP contribution in [0.15, 0.2) is 42.5 Å². The quantitative estimate of drug-likeness (QED) is 0.704. The van der Waals surface area contributed by atoms with Crippen molar-refractivity contribution >= 4 is 23.2 Å². The van der Waals surface area contributed by atoms with Crippen LogP contribution in [-0.2, 0) is 23.1 Å². The van der Waals surface area contributed by atoms with Crippen LogP contribution >= 0.6 is 11.6 Å². The molecule has 1 aliphatic rings. The zero-order valence-electron chi connectivity index (χ0n) is 15.2. The molecule has 0 radical (unpaired) electrons. The highest BCUT2D eigenvalue weighted by Gasteiger charge is 2.54. The van der Waals surface area contributed by atoms with E-state index in [1.165, 1.54) is 0 Å². The van der Waals surface area contributed by atoms with Crippen molar-refractivity contribution in [3.05, 3.63) is 75.8 Å². The minimum absolute atomic E-state index is 0.0174. The number of hydrogen-bond acceptors (Lipinski definition) is 1. The van der Waals surface area contributed by atoms with Crippen LogP contribution in [0.5, 0.6) is 0 Å². The molecule has 134 valence electrons. The normalized spacial score (nSPS) is 15.5. The van der Waals surface area contributed by atoms with Gasteiger partial charge in [-0.1, -0.05) is 25.4 Å². The van der Waals surface area contributed by atoms with Crippen molar-refractivity contribution in [2.45, 2.75) is 32.1 Å². The summed E-state index contributed by atoms with van der Waals surface area (Å²) < 4.78 is 0. The maximum Gasteiger partial charge on any atom is 0.249 e. The molecule has 4 nitrogen and oxygen atoms in total. The molecule has 0 saturated carbocycles. The van der Waals surface area contributed by atoms with Gasteiger partial charge in [-0.25, -0.2) is 0 Å². The highest BCUT2D eigenvalue weighted by atomic mass is 35.5. The summed E-state index contributed by atoms with van der Waals surface area (Å²) in [5, 5.41) is 0.626. The molecule has 2 aromatic heterocycles. The average molecular weight is 368 g/mol. The molecule has 4 rings (SSSR count). The number of halogens is 1. The summed E-state index contributed by atoms with van der Waals surface area (Å²) in [6.45, 7) is 4.19. The number of nitrogens with one attached hydrogen (secondary N) is 2. The number of likely N-dealkylation sites (N-methyl/N-ethyl adjacent to an activating group) is 1. The third-order valence-electron chi connectivity index (χ3n) is 5.41. The minimum atomic E-state index is -0.935. The lowest BCUT2D eigenvalue weighted by atomic mass is 9.76. The number of rotatable bonds is 4. The number of anilines is 1. The van der Waals surface area contributed by atoms with Crippen molar-refractivity contribution in [2.75, 3.05) is 11.9 Å². The highest BCUT2D eigenvalue weighted by molar-refractivity contribution is 6.31. The van der Waals surface area contributed by atoms with Crippen LogP contribution in [0.4, 0.5) is 5.69 Å². The maximum absolute atomic E-state index is 13.6. The second-order valence-corrected chi connectivity index (χ2v) is 7.21. The molecular weight excluding hydrogens is 346 g/mol. The summed E-state index contributed by atoms with van der Waals surface area (Å²) >= 11 is 6.34. The van der Waals surface area contributed by atoms with Crippen molar-refractivity contribution in [3.63, 3.8) is 0 Å². The summed E-state index contributed by atoms with van der Waals surface area (Å²) in [6, 6.07) is 13.8. The van der Waals surface area contributed by atoms with Gasteiger partial charge in [0, 0.05) is 46.1 Å². The SMILES string of the molecule is CCc1ccc(C2(c3ccc(CC)[nH]3)C(=O)N(C)c3ccc(Cl)cc32)[nH]1. The Morgan fingerprint density at radius 3 is 2.04 bits per heavy atom. The fourth-order valence-corrected chi connectivity index (χ4v) is 4.15. The molecule has 3 heterocycles. The maximum atomic E-state index is 13.6. The lowest BCUT2D eigenvalue weighted by Gasteiger charge is -2.27. The number of hydrogen-bond donors (Lipinski definition) is 2. The molecule has 0 aliphatic carbocycles. The van der Waals surface area contributed by atoms with Crippen LogP contribution in [0.2, 0.25) is 5.02 Å². The summed E-state index contributed by atoms with van der Waals surface area (Å²) in [4.78, 5) is 22.3. The van der Waals surface area contributed by atoms with E-state index in [-0.39, 0.29) is 5.91 Å². The molecule has 26 heavy (non-hydrogen) atoms. The first-order chi connectivity index (χ1) is 12.5. The molecule has 0 bridgehead atoms. The molecule has 1 aliphatic heterocycles. The molecule has 2 N–H and O–H groups in total. The summed E-state index contributed by atoms with van der Waals surface area (Å²) in [5.41, 5.74) is 4.82. The highest BCUT2D eigenvalue weighted by Crippen LogP contribution is 2.50. The van der Waals surface area contributed by atoms with Crippen LogP contribution in [0.3, 0.4) is 0 Å². The van der Waals surface area contributed by atoms with Crippen molar-refractivity contribution in [3.8, 4) is 0 Å². The van der Waals surface area contributed by atoms with E-state index in [1.54, 1.807) is 4.90 Å². The second-order valence-electron chi connectivity index (χ2n) is 6.78. The van der Waals surface area contributed by atoms with Crippen LogP contribution < -0.4 is 4.90 Å². The van der Waals surface area contributed by atoms with Gasteiger partial charge in [0.1, 0.15) is 0 Å². The van der Waals surface area contributed by atoms with E-state index < -0.39 is 5.41 Å². The van der Waals surface area contributed by atoms with Gasteiger partial charge in [0.05, 0.1) is 0 Å². The number of aromatic amines is 2. The lowest BCUT2D eigenvalue weighted by molar-refractivity contribution is -0.120. The first kappa shape index (κ1) is 17.0. The number of carbonyl (C=O) groups is 1. The molecule has 5 heteroatoms. The number of carbonyl (C=O) groups excluding carboxylic acids is 1. The fourth-order valence-electron chi connectivity index (χ4n) is 3.97. The zero-order valence-corrected chi connectivity index (χ0v) is 15.9. The Labute approximate surface area is 158 Å². The number of nitrogens with zero attached hydrogens (tertiary/aromatic N) is 1. The average Bonchev–Trinajstić information content (AvgIpc) is 3.35. The third-order valence-corrected chi connectivity index (χ3v) is 5.65. The standard InChI is InChI=1S/C21H22ClN3O/c1-4-14-7-10-18(23-14)21(19-11-8-15(5-2)24-19)16-12-13(22)6-9-17(16)25(3)20(21)26/h6-12,23-24H,4-5H2,1-3H3. The number of H-pyrrole nitrogens is 2. The summed E-state index contributed by atoms with van der Waals surface area (Å²) in [7, 11) is 1.82. The predicted octanol–water partition coefficient (Wildman–Crippen LogP) is 4.43. The van der Waals surface area contributed by atoms with E-state index in [0.29, 0.717) is 5.02 Å². The molecule has 1 amide bonds. The molecule has 0 fully saturated rings. The number of fused-ring (bicyclic) bond motifs is 1. The molecule has 1 aromatic carbocycles. The molecule has 0 atom stereocenters. The smallest absolute Gasteiger partial charge is 0.249 e. The first-order valence-corrected chi connectivity index (χ1v) is 9.35. The van der Waals surface area contributed by atoms with Gasteiger partial charge in [-0.2, -0.15) is 0 Å². The molecule has 0 spiro atoms. The van der Waals surface area contributed by atoms with E-state index in [4.69, 9.17) is 11.6 Å². The van der Waals surface area contributed by atoms with Gasteiger partial charge in [-0.05, 0) is 55.3 Å². The lowest BCUT2D eigenvalue weighted by Crippen LogP contribution is -2.41. The summed E-state index contributed by atoms with van der Waals surface area (Å²) in [6.07, 6.45) is 1.76. The van der Waals surface area contributed by atoms with E-state index in [0.717, 1.165) is 46.9 Å². The van der Waals surface area contributed by atoms with Gasteiger partial charge in [0.15, 0.2) is 5.41 Å². The van der Waals surface area contributed by atoms with Crippen LogP contribution in [0, 0.1) is 0 Å². The number of amides is 1. The molecular formula is C21H22ClN3O. The number of aryl methyl sites for hydroxylation is 2. The third kappa shape index (κ3) is 2.18. The number of aromatic nitrogens is 2. The van der Waals surface area contributed by atoms with E-state index in [9.17, 15) is 4.79 Å². The second kappa shape index (κ2) is 6.06. The number of benzene rings is 1. The van der Waals surface area contributed by atoms with E-state index in [2.05, 4.69) is 35.9 Å². The monoisotopic (exact) mass is 367 g/mol. The Balaban J connectivity index is 2.07. The Bertz CT molecular complexity index is 943. The first-order valence-electron chi connectivity index (χ1n) is 8.97. The minimum Gasteiger partial charge on any atom is -0.361 e. The Morgan fingerprint density at radius 2 is 1.54 bits per heavy atom. The Hall–Kier alpha value is -2.46. The van der Waals surface area contributed by atoms with Gasteiger partial charge in [-0.3, -0.25) is 4.79 Å². The van der Waals surface area contributed by atoms with Gasteiger partial charge < -0.3 is 14.9 Å².